The van der Waals surface area contributed by atoms with E-state index >= 15 is 0 Å². The molecule has 1 aliphatic rings. The number of imide groups is 1. The zero-order chi connectivity index (χ0) is 20.3. The van der Waals surface area contributed by atoms with E-state index in [1.54, 1.807) is 0 Å². The summed E-state index contributed by atoms with van der Waals surface area (Å²) < 4.78 is 0. The molecule has 0 radical (unpaired) electrons. The lowest BCUT2D eigenvalue weighted by molar-refractivity contribution is -0.140. The molecule has 0 N–H and O–H groups in total. The van der Waals surface area contributed by atoms with Gasteiger partial charge >= 0.3 is 0 Å². The molecule has 0 aliphatic carbocycles. The normalized spacial score (nSPS) is 21.6. The van der Waals surface area contributed by atoms with Gasteiger partial charge < -0.3 is 0 Å². The van der Waals surface area contributed by atoms with Crippen molar-refractivity contribution in [3.05, 3.63) is 84.1 Å². The Labute approximate surface area is 168 Å². The van der Waals surface area contributed by atoms with Gasteiger partial charge in [-0.1, -0.05) is 81.1 Å². The summed E-state index contributed by atoms with van der Waals surface area (Å²) in [5, 5.41) is 0. The van der Waals surface area contributed by atoms with Gasteiger partial charge in [-0.05, 0) is 35.8 Å². The number of rotatable bonds is 6. The smallest absolute Gasteiger partial charge is 0.237 e. The fraction of sp³-hybridized carbons (Fsp3) is 0.360. The molecule has 2 aromatic rings. The molecule has 0 aromatic heterocycles. The highest BCUT2D eigenvalue weighted by atomic mass is 16.2. The van der Waals surface area contributed by atoms with E-state index in [2.05, 4.69) is 62.0 Å². The number of likely N-dealkylation sites (tertiary alicyclic amines) is 1. The molecular weight excluding hydrogens is 346 g/mol. The molecule has 1 aliphatic heterocycles. The molecule has 1 heterocycles. The number of nitrogens with zero attached hydrogens (tertiary/aromatic N) is 1. The van der Waals surface area contributed by atoms with Crippen LogP contribution in [0.25, 0.3) is 0 Å². The predicted molar refractivity (Wildman–Crippen MR) is 113 cm³/mol. The third-order valence-electron chi connectivity index (χ3n) is 6.08. The molecule has 28 heavy (non-hydrogen) atoms. The standard InChI is InChI=1S/C25H29NO2/c1-17(21-11-7-5-8-12-21)15-23(22-13-9-6-10-14-22)16-24-18(2)19(3)26(20(4)27)25(24)28/h5-14,17-18,23-24H,3,15-16H2,1-2,4H3. The second-order valence-corrected chi connectivity index (χ2v) is 7.97. The lowest BCUT2D eigenvalue weighted by atomic mass is 9.78. The van der Waals surface area contributed by atoms with Crippen LogP contribution in [0.4, 0.5) is 0 Å². The third-order valence-corrected chi connectivity index (χ3v) is 6.08. The molecule has 0 spiro atoms. The van der Waals surface area contributed by atoms with E-state index in [0.29, 0.717) is 11.6 Å². The van der Waals surface area contributed by atoms with Crippen LogP contribution < -0.4 is 0 Å². The summed E-state index contributed by atoms with van der Waals surface area (Å²) in [7, 11) is 0. The van der Waals surface area contributed by atoms with E-state index in [1.807, 2.05) is 19.1 Å². The first-order valence-corrected chi connectivity index (χ1v) is 10.0. The van der Waals surface area contributed by atoms with Gasteiger partial charge in [0, 0.05) is 24.5 Å². The number of carbonyl (C=O) groups excluding carboxylic acids is 2. The first-order chi connectivity index (χ1) is 13.4. The largest absolute Gasteiger partial charge is 0.274 e. The maximum atomic E-state index is 12.9. The highest BCUT2D eigenvalue weighted by Gasteiger charge is 2.43. The molecule has 3 nitrogen and oxygen atoms in total. The SMILES string of the molecule is C=C1C(C)C(CC(CC(C)c2ccccc2)c2ccccc2)C(=O)N1C(C)=O. The minimum absolute atomic E-state index is 0.0188. The van der Waals surface area contributed by atoms with Crippen LogP contribution in [-0.4, -0.2) is 16.7 Å². The number of carbonyl (C=O) groups is 2. The maximum Gasteiger partial charge on any atom is 0.237 e. The summed E-state index contributed by atoms with van der Waals surface area (Å²) in [5.41, 5.74) is 3.19. The van der Waals surface area contributed by atoms with Crippen molar-refractivity contribution in [2.24, 2.45) is 11.8 Å². The van der Waals surface area contributed by atoms with Crippen molar-refractivity contribution >= 4 is 11.8 Å². The average Bonchev–Trinajstić information content (AvgIpc) is 2.91. The molecule has 146 valence electrons. The van der Waals surface area contributed by atoms with Crippen LogP contribution in [0.3, 0.4) is 0 Å². The Hall–Kier alpha value is -2.68. The number of hydrogen-bond donors (Lipinski definition) is 0. The first-order valence-electron chi connectivity index (χ1n) is 10.0. The van der Waals surface area contributed by atoms with Gasteiger partial charge in [-0.2, -0.15) is 0 Å². The minimum atomic E-state index is -0.238. The van der Waals surface area contributed by atoms with Crippen molar-refractivity contribution in [2.75, 3.05) is 0 Å². The molecule has 3 heteroatoms. The Kier molecular flexibility index (Phi) is 6.13. The van der Waals surface area contributed by atoms with Crippen LogP contribution in [0.1, 0.15) is 56.6 Å². The zero-order valence-electron chi connectivity index (χ0n) is 17.0. The molecule has 1 saturated heterocycles. The summed E-state index contributed by atoms with van der Waals surface area (Å²) in [6.07, 6.45) is 1.68. The molecule has 4 atom stereocenters. The molecule has 2 amide bonds. The second kappa shape index (κ2) is 8.55. The number of benzene rings is 2. The summed E-state index contributed by atoms with van der Waals surface area (Å²) in [4.78, 5) is 26.1. The molecular formula is C25H29NO2. The topological polar surface area (TPSA) is 37.4 Å². The Morgan fingerprint density at radius 1 is 1.04 bits per heavy atom. The number of amides is 2. The number of allylic oxidation sites excluding steroid dienone is 1. The lowest BCUT2D eigenvalue weighted by Crippen LogP contribution is -2.31. The quantitative estimate of drug-likeness (QED) is 0.668. The summed E-state index contributed by atoms with van der Waals surface area (Å²) in [6.45, 7) is 9.70. The summed E-state index contributed by atoms with van der Waals surface area (Å²) >= 11 is 0. The second-order valence-electron chi connectivity index (χ2n) is 7.97. The molecule has 2 aromatic carbocycles. The van der Waals surface area contributed by atoms with Crippen LogP contribution in [0, 0.1) is 11.8 Å². The monoisotopic (exact) mass is 375 g/mol. The highest BCUT2D eigenvalue weighted by molar-refractivity contribution is 6.00. The molecule has 0 saturated carbocycles. The van der Waals surface area contributed by atoms with Crippen molar-refractivity contribution in [1.29, 1.82) is 0 Å². The summed E-state index contributed by atoms with van der Waals surface area (Å²) in [6, 6.07) is 20.9. The van der Waals surface area contributed by atoms with Gasteiger partial charge in [-0.15, -0.1) is 0 Å². The highest BCUT2D eigenvalue weighted by Crippen LogP contribution is 2.42. The fourth-order valence-corrected chi connectivity index (χ4v) is 4.36. The predicted octanol–water partition coefficient (Wildman–Crippen LogP) is 5.51. The van der Waals surface area contributed by atoms with E-state index in [1.165, 1.54) is 23.0 Å². The van der Waals surface area contributed by atoms with Crippen molar-refractivity contribution in [2.45, 2.75) is 45.4 Å². The van der Waals surface area contributed by atoms with Crippen LogP contribution in [0.2, 0.25) is 0 Å². The van der Waals surface area contributed by atoms with Crippen LogP contribution in [-0.2, 0) is 9.59 Å². The van der Waals surface area contributed by atoms with Gasteiger partial charge in [0.05, 0.1) is 0 Å². The minimum Gasteiger partial charge on any atom is -0.274 e. The molecule has 4 unspecified atom stereocenters. The van der Waals surface area contributed by atoms with Crippen LogP contribution in [0.15, 0.2) is 72.9 Å². The van der Waals surface area contributed by atoms with Gasteiger partial charge in [-0.3, -0.25) is 14.5 Å². The Morgan fingerprint density at radius 3 is 2.07 bits per heavy atom. The van der Waals surface area contributed by atoms with Gasteiger partial charge in [0.2, 0.25) is 11.8 Å². The maximum absolute atomic E-state index is 12.9. The van der Waals surface area contributed by atoms with Gasteiger partial charge in [0.25, 0.3) is 0 Å². The average molecular weight is 376 g/mol. The third kappa shape index (κ3) is 4.09. The van der Waals surface area contributed by atoms with Gasteiger partial charge in [0.15, 0.2) is 0 Å². The Balaban J connectivity index is 1.85. The lowest BCUT2D eigenvalue weighted by Gasteiger charge is -2.25. The Bertz CT molecular complexity index is 843. The van der Waals surface area contributed by atoms with Crippen molar-refractivity contribution in [3.8, 4) is 0 Å². The fourth-order valence-electron chi connectivity index (χ4n) is 4.36. The van der Waals surface area contributed by atoms with E-state index in [0.717, 1.165) is 12.8 Å². The van der Waals surface area contributed by atoms with Gasteiger partial charge in [-0.25, -0.2) is 0 Å². The van der Waals surface area contributed by atoms with E-state index < -0.39 is 0 Å². The van der Waals surface area contributed by atoms with Crippen molar-refractivity contribution in [3.63, 3.8) is 0 Å². The van der Waals surface area contributed by atoms with Gasteiger partial charge in [0.1, 0.15) is 0 Å². The Morgan fingerprint density at radius 2 is 1.57 bits per heavy atom. The van der Waals surface area contributed by atoms with E-state index in [9.17, 15) is 9.59 Å². The zero-order valence-corrected chi connectivity index (χ0v) is 17.0. The molecule has 0 bridgehead atoms. The van der Waals surface area contributed by atoms with Crippen molar-refractivity contribution < 1.29 is 9.59 Å². The van der Waals surface area contributed by atoms with E-state index in [4.69, 9.17) is 0 Å². The number of hydrogen-bond acceptors (Lipinski definition) is 2. The van der Waals surface area contributed by atoms with E-state index in [-0.39, 0.29) is 29.6 Å². The molecule has 3 rings (SSSR count). The van der Waals surface area contributed by atoms with Crippen LogP contribution >= 0.6 is 0 Å². The summed E-state index contributed by atoms with van der Waals surface area (Å²) in [5.74, 6) is 0.0635. The molecule has 1 fully saturated rings. The van der Waals surface area contributed by atoms with Crippen molar-refractivity contribution in [1.82, 2.24) is 4.90 Å². The first kappa shape index (κ1) is 20.1. The van der Waals surface area contributed by atoms with Crippen LogP contribution in [0.5, 0.6) is 0 Å².